The van der Waals surface area contributed by atoms with Gasteiger partial charge < -0.3 is 29.6 Å². The molecule has 0 spiro atoms. The number of nitrogens with one attached hydrogen (secondary N) is 3. The summed E-state index contributed by atoms with van der Waals surface area (Å²) < 4.78 is 34.3. The van der Waals surface area contributed by atoms with Crippen LogP contribution in [-0.4, -0.2) is 44.4 Å². The van der Waals surface area contributed by atoms with Crippen molar-refractivity contribution < 1.29 is 37.7 Å². The highest BCUT2D eigenvalue weighted by molar-refractivity contribution is 6.35. The molecule has 11 nitrogen and oxygen atoms in total. The molecule has 4 rings (SSSR count). The summed E-state index contributed by atoms with van der Waals surface area (Å²) in [6.45, 7) is -0.0466. The Morgan fingerprint density at radius 1 is 0.974 bits per heavy atom. The SMILES string of the molecule is COc1cc(/C=N\NC(=O)C(=O)NCc2ccc3c(c2)OCO3)ccc1OCC(=O)Nc1ccc(F)cc1. The summed E-state index contributed by atoms with van der Waals surface area (Å²) >= 11 is 0. The molecule has 1 aliphatic rings. The minimum atomic E-state index is -0.943. The molecule has 38 heavy (non-hydrogen) atoms. The summed E-state index contributed by atoms with van der Waals surface area (Å²) in [5, 5.41) is 8.87. The molecule has 0 radical (unpaired) electrons. The summed E-state index contributed by atoms with van der Waals surface area (Å²) in [6.07, 6.45) is 1.32. The van der Waals surface area contributed by atoms with Gasteiger partial charge in [0.05, 0.1) is 13.3 Å². The smallest absolute Gasteiger partial charge is 0.329 e. The molecular formula is C26H23FN4O7. The zero-order valence-electron chi connectivity index (χ0n) is 20.2. The zero-order chi connectivity index (χ0) is 26.9. The van der Waals surface area contributed by atoms with Crippen LogP contribution >= 0.6 is 0 Å². The van der Waals surface area contributed by atoms with E-state index in [1.54, 1.807) is 36.4 Å². The van der Waals surface area contributed by atoms with Crippen molar-refractivity contribution in [1.29, 1.82) is 0 Å². The number of ether oxygens (including phenoxy) is 4. The lowest BCUT2D eigenvalue weighted by molar-refractivity contribution is -0.139. The molecule has 0 saturated carbocycles. The first-order chi connectivity index (χ1) is 18.4. The third kappa shape index (κ3) is 6.97. The number of benzene rings is 3. The maximum Gasteiger partial charge on any atom is 0.329 e. The number of carbonyl (C=O) groups excluding carboxylic acids is 3. The zero-order valence-corrected chi connectivity index (χ0v) is 20.2. The van der Waals surface area contributed by atoms with Gasteiger partial charge in [0.2, 0.25) is 6.79 Å². The first-order valence-electron chi connectivity index (χ1n) is 11.3. The summed E-state index contributed by atoms with van der Waals surface area (Å²) in [7, 11) is 1.42. The van der Waals surface area contributed by atoms with Crippen LogP contribution in [0.5, 0.6) is 23.0 Å². The number of fused-ring (bicyclic) bond motifs is 1. The van der Waals surface area contributed by atoms with E-state index in [1.807, 2.05) is 0 Å². The number of hydrazone groups is 1. The predicted octanol–water partition coefficient (Wildman–Crippen LogP) is 2.35. The average molecular weight is 522 g/mol. The van der Waals surface area contributed by atoms with Crippen LogP contribution in [-0.2, 0) is 20.9 Å². The van der Waals surface area contributed by atoms with E-state index >= 15 is 0 Å². The Morgan fingerprint density at radius 3 is 2.55 bits per heavy atom. The molecule has 0 saturated heterocycles. The van der Waals surface area contributed by atoms with Crippen molar-refractivity contribution in [3.63, 3.8) is 0 Å². The lowest BCUT2D eigenvalue weighted by atomic mass is 10.2. The van der Waals surface area contributed by atoms with Crippen molar-refractivity contribution in [2.75, 3.05) is 25.8 Å². The second-order valence-corrected chi connectivity index (χ2v) is 7.82. The van der Waals surface area contributed by atoms with E-state index in [-0.39, 0.29) is 19.9 Å². The fourth-order valence-electron chi connectivity index (χ4n) is 3.29. The van der Waals surface area contributed by atoms with Gasteiger partial charge in [-0.1, -0.05) is 6.07 Å². The first-order valence-corrected chi connectivity index (χ1v) is 11.3. The summed E-state index contributed by atoms with van der Waals surface area (Å²) in [5.41, 5.74) is 3.86. The summed E-state index contributed by atoms with van der Waals surface area (Å²) in [4.78, 5) is 36.2. The Morgan fingerprint density at radius 2 is 1.76 bits per heavy atom. The molecule has 0 aliphatic carbocycles. The van der Waals surface area contributed by atoms with E-state index in [0.717, 1.165) is 5.56 Å². The normalized spacial score (nSPS) is 11.6. The minimum absolute atomic E-state index is 0.118. The number of hydrogen-bond donors (Lipinski definition) is 3. The number of carbonyl (C=O) groups is 3. The van der Waals surface area contributed by atoms with Gasteiger partial charge in [-0.05, 0) is 65.7 Å². The van der Waals surface area contributed by atoms with Crippen LogP contribution in [0.2, 0.25) is 0 Å². The second-order valence-electron chi connectivity index (χ2n) is 7.82. The summed E-state index contributed by atoms with van der Waals surface area (Å²) in [5.74, 6) is -0.846. The Kier molecular flexibility index (Phi) is 8.34. The maximum atomic E-state index is 13.0. The molecule has 1 heterocycles. The molecule has 1 aliphatic heterocycles. The van der Waals surface area contributed by atoms with Crippen molar-refractivity contribution in [3.05, 3.63) is 77.6 Å². The second kappa shape index (κ2) is 12.2. The van der Waals surface area contributed by atoms with Gasteiger partial charge in [0, 0.05) is 12.2 Å². The molecule has 3 amide bonds. The topological polar surface area (TPSA) is 137 Å². The van der Waals surface area contributed by atoms with Gasteiger partial charge in [0.25, 0.3) is 5.91 Å². The van der Waals surface area contributed by atoms with Gasteiger partial charge in [0.15, 0.2) is 29.6 Å². The fourth-order valence-corrected chi connectivity index (χ4v) is 3.29. The van der Waals surface area contributed by atoms with Crippen molar-refractivity contribution in [3.8, 4) is 23.0 Å². The molecule has 196 valence electrons. The molecule has 0 aromatic heterocycles. The predicted molar refractivity (Wildman–Crippen MR) is 134 cm³/mol. The van der Waals surface area contributed by atoms with Gasteiger partial charge in [-0.15, -0.1) is 0 Å². The standard InChI is InChI=1S/C26H23FN4O7/c1-35-22-10-17(3-8-20(22)36-14-24(32)30-19-6-4-18(27)5-7-19)13-29-31-26(34)25(33)28-12-16-2-9-21-23(11-16)38-15-37-21/h2-11,13H,12,14-15H2,1H3,(H,28,33)(H,30,32)(H,31,34)/b29-13-. The molecule has 3 N–H and O–H groups in total. The molecule has 3 aromatic rings. The van der Waals surface area contributed by atoms with Crippen molar-refractivity contribution >= 4 is 29.6 Å². The van der Waals surface area contributed by atoms with Crippen LogP contribution in [0.15, 0.2) is 65.8 Å². The van der Waals surface area contributed by atoms with E-state index in [4.69, 9.17) is 18.9 Å². The molecule has 3 aromatic carbocycles. The van der Waals surface area contributed by atoms with Crippen LogP contribution in [0.1, 0.15) is 11.1 Å². The highest BCUT2D eigenvalue weighted by Crippen LogP contribution is 2.32. The van der Waals surface area contributed by atoms with Gasteiger partial charge >= 0.3 is 11.8 Å². The van der Waals surface area contributed by atoms with Gasteiger partial charge in [-0.25, -0.2) is 9.82 Å². The molecule has 0 unspecified atom stereocenters. The highest BCUT2D eigenvalue weighted by atomic mass is 19.1. The van der Waals surface area contributed by atoms with E-state index < -0.39 is 23.5 Å². The van der Waals surface area contributed by atoms with E-state index in [0.29, 0.717) is 34.2 Å². The lowest BCUT2D eigenvalue weighted by Crippen LogP contribution is -2.37. The van der Waals surface area contributed by atoms with E-state index in [1.165, 1.54) is 37.6 Å². The van der Waals surface area contributed by atoms with Crippen molar-refractivity contribution in [2.45, 2.75) is 6.54 Å². The number of anilines is 1. The van der Waals surface area contributed by atoms with Gasteiger partial charge in [-0.3, -0.25) is 14.4 Å². The number of halogens is 1. The van der Waals surface area contributed by atoms with Gasteiger partial charge in [-0.2, -0.15) is 5.10 Å². The third-order valence-electron chi connectivity index (χ3n) is 5.15. The lowest BCUT2D eigenvalue weighted by Gasteiger charge is -2.11. The number of rotatable bonds is 9. The van der Waals surface area contributed by atoms with Crippen LogP contribution in [0.4, 0.5) is 10.1 Å². The Hall–Kier alpha value is -5.13. The number of hydrogen-bond acceptors (Lipinski definition) is 8. The molecule has 0 bridgehead atoms. The summed E-state index contributed by atoms with van der Waals surface area (Å²) in [6, 6.07) is 15.3. The van der Waals surface area contributed by atoms with Crippen LogP contribution in [0.3, 0.4) is 0 Å². The first kappa shape index (κ1) is 25.9. The fraction of sp³-hybridized carbons (Fsp3) is 0.154. The quantitative estimate of drug-likeness (QED) is 0.223. The van der Waals surface area contributed by atoms with Crippen LogP contribution < -0.4 is 35.0 Å². The Bertz CT molecular complexity index is 1360. The molecular weight excluding hydrogens is 499 g/mol. The number of amides is 3. The van der Waals surface area contributed by atoms with Crippen LogP contribution in [0, 0.1) is 5.82 Å². The molecule has 0 fully saturated rings. The van der Waals surface area contributed by atoms with Gasteiger partial charge in [0.1, 0.15) is 5.82 Å². The van der Waals surface area contributed by atoms with Crippen LogP contribution in [0.25, 0.3) is 0 Å². The molecule has 0 atom stereocenters. The average Bonchev–Trinajstić information content (AvgIpc) is 3.40. The minimum Gasteiger partial charge on any atom is -0.493 e. The third-order valence-corrected chi connectivity index (χ3v) is 5.15. The number of methoxy groups -OCH3 is 1. The maximum absolute atomic E-state index is 13.0. The monoisotopic (exact) mass is 522 g/mol. The Balaban J connectivity index is 1.24. The van der Waals surface area contributed by atoms with E-state index in [9.17, 15) is 18.8 Å². The van der Waals surface area contributed by atoms with Crippen molar-refractivity contribution in [2.24, 2.45) is 5.10 Å². The highest BCUT2D eigenvalue weighted by Gasteiger charge is 2.16. The largest absolute Gasteiger partial charge is 0.493 e. The Labute approximate surface area is 216 Å². The molecule has 12 heteroatoms. The number of nitrogens with zero attached hydrogens (tertiary/aromatic N) is 1. The van der Waals surface area contributed by atoms with E-state index in [2.05, 4.69) is 21.2 Å². The van der Waals surface area contributed by atoms with Crippen molar-refractivity contribution in [1.82, 2.24) is 10.7 Å².